The molecule has 3 rings (SSSR count). The third-order valence-electron chi connectivity index (χ3n) is 5.19. The molecule has 1 aliphatic rings. The van der Waals surface area contributed by atoms with Crippen LogP contribution in [0.3, 0.4) is 0 Å². The molecule has 1 saturated heterocycles. The minimum atomic E-state index is -0.375. The van der Waals surface area contributed by atoms with Gasteiger partial charge in [0.1, 0.15) is 11.8 Å². The summed E-state index contributed by atoms with van der Waals surface area (Å²) in [5, 5.41) is 4.67. The summed E-state index contributed by atoms with van der Waals surface area (Å²) in [6, 6.07) is 3.41. The Morgan fingerprint density at radius 3 is 2.24 bits per heavy atom. The predicted molar refractivity (Wildman–Crippen MR) is 110 cm³/mol. The van der Waals surface area contributed by atoms with E-state index in [0.29, 0.717) is 36.2 Å². The molecule has 1 aliphatic heterocycles. The SMILES string of the molecule is COc1cc(OC)c(OC)cc1CN1CCN(C(=O)[C@H](C)n2cc(Cl)cn2)CC1. The Hall–Kier alpha value is -2.45. The van der Waals surface area contributed by atoms with E-state index >= 15 is 0 Å². The molecule has 1 aromatic heterocycles. The van der Waals surface area contributed by atoms with Gasteiger partial charge in [-0.2, -0.15) is 5.10 Å². The molecule has 0 bridgehead atoms. The smallest absolute Gasteiger partial charge is 0.247 e. The summed E-state index contributed by atoms with van der Waals surface area (Å²) in [5.41, 5.74) is 1.02. The first-order valence-electron chi connectivity index (χ1n) is 9.46. The van der Waals surface area contributed by atoms with Crippen LogP contribution in [0.5, 0.6) is 17.2 Å². The molecule has 0 aliphatic carbocycles. The van der Waals surface area contributed by atoms with Crippen LogP contribution < -0.4 is 14.2 Å². The van der Waals surface area contributed by atoms with Crippen molar-refractivity contribution in [3.05, 3.63) is 35.1 Å². The highest BCUT2D eigenvalue weighted by Crippen LogP contribution is 2.35. The summed E-state index contributed by atoms with van der Waals surface area (Å²) in [6.07, 6.45) is 3.21. The standard InChI is InChI=1S/C20H27ClN4O4/c1-14(25-13-16(21)11-22-25)20(26)24-7-5-23(6-8-24)12-15-9-18(28-3)19(29-4)10-17(15)27-2/h9-11,13-14H,5-8,12H2,1-4H3/t14-/m0/s1. The Bertz CT molecular complexity index is 849. The number of hydrogen-bond donors (Lipinski definition) is 0. The summed E-state index contributed by atoms with van der Waals surface area (Å²) < 4.78 is 17.9. The molecular formula is C20H27ClN4O4. The van der Waals surface area contributed by atoms with Gasteiger partial charge < -0.3 is 19.1 Å². The fraction of sp³-hybridized carbons (Fsp3) is 0.500. The van der Waals surface area contributed by atoms with Gasteiger partial charge in [-0.25, -0.2) is 0 Å². The van der Waals surface area contributed by atoms with Crippen LogP contribution in [0.4, 0.5) is 0 Å². The van der Waals surface area contributed by atoms with Crippen molar-refractivity contribution in [2.24, 2.45) is 0 Å². The van der Waals surface area contributed by atoms with Crippen LogP contribution in [0.15, 0.2) is 24.5 Å². The van der Waals surface area contributed by atoms with Crippen molar-refractivity contribution < 1.29 is 19.0 Å². The largest absolute Gasteiger partial charge is 0.496 e. The quantitative estimate of drug-likeness (QED) is 0.682. The molecule has 2 heterocycles. The lowest BCUT2D eigenvalue weighted by Crippen LogP contribution is -2.50. The maximum atomic E-state index is 12.8. The van der Waals surface area contributed by atoms with Gasteiger partial charge in [0.05, 0.1) is 32.5 Å². The second-order valence-corrected chi connectivity index (χ2v) is 7.37. The molecule has 1 atom stereocenters. The van der Waals surface area contributed by atoms with E-state index in [-0.39, 0.29) is 11.9 Å². The van der Waals surface area contributed by atoms with Crippen LogP contribution in [0.2, 0.25) is 5.02 Å². The Kier molecular flexibility index (Phi) is 6.87. The lowest BCUT2D eigenvalue weighted by atomic mass is 10.1. The Labute approximate surface area is 175 Å². The van der Waals surface area contributed by atoms with Gasteiger partial charge in [0.2, 0.25) is 5.91 Å². The summed E-state index contributed by atoms with van der Waals surface area (Å²) in [6.45, 7) is 5.41. The average Bonchev–Trinajstić information content (AvgIpc) is 3.19. The molecule has 2 aromatic rings. The zero-order chi connectivity index (χ0) is 21.0. The zero-order valence-electron chi connectivity index (χ0n) is 17.2. The maximum Gasteiger partial charge on any atom is 0.247 e. The van der Waals surface area contributed by atoms with E-state index in [1.807, 2.05) is 24.0 Å². The number of nitrogens with zero attached hydrogens (tertiary/aromatic N) is 4. The summed E-state index contributed by atoms with van der Waals surface area (Å²) in [4.78, 5) is 17.0. The van der Waals surface area contributed by atoms with Gasteiger partial charge in [0.25, 0.3) is 0 Å². The van der Waals surface area contributed by atoms with Crippen molar-refractivity contribution in [3.8, 4) is 17.2 Å². The van der Waals surface area contributed by atoms with Gasteiger partial charge in [-0.1, -0.05) is 11.6 Å². The average molecular weight is 423 g/mol. The first-order chi connectivity index (χ1) is 14.0. The second-order valence-electron chi connectivity index (χ2n) is 6.94. The van der Waals surface area contributed by atoms with Crippen LogP contribution in [-0.4, -0.2) is 73.0 Å². The summed E-state index contributed by atoms with van der Waals surface area (Å²) in [7, 11) is 4.86. The van der Waals surface area contributed by atoms with Crippen LogP contribution in [-0.2, 0) is 11.3 Å². The van der Waals surface area contributed by atoms with Gasteiger partial charge >= 0.3 is 0 Å². The highest BCUT2D eigenvalue weighted by atomic mass is 35.5. The Morgan fingerprint density at radius 2 is 1.69 bits per heavy atom. The zero-order valence-corrected chi connectivity index (χ0v) is 18.0. The Morgan fingerprint density at radius 1 is 1.07 bits per heavy atom. The second kappa shape index (κ2) is 9.37. The molecule has 158 valence electrons. The molecule has 0 radical (unpaired) electrons. The molecule has 9 heteroatoms. The molecule has 0 spiro atoms. The molecule has 1 aromatic carbocycles. The summed E-state index contributed by atoms with van der Waals surface area (Å²) in [5.74, 6) is 2.11. The van der Waals surface area contributed by atoms with Crippen LogP contribution in [0.1, 0.15) is 18.5 Å². The topological polar surface area (TPSA) is 69.1 Å². The van der Waals surface area contributed by atoms with Crippen molar-refractivity contribution in [1.82, 2.24) is 19.6 Å². The number of halogens is 1. The van der Waals surface area contributed by atoms with Crippen LogP contribution >= 0.6 is 11.6 Å². The minimum Gasteiger partial charge on any atom is -0.496 e. The van der Waals surface area contributed by atoms with Crippen LogP contribution in [0, 0.1) is 0 Å². The monoisotopic (exact) mass is 422 g/mol. The van der Waals surface area contributed by atoms with E-state index in [2.05, 4.69) is 10.00 Å². The Balaban J connectivity index is 1.62. The van der Waals surface area contributed by atoms with E-state index in [1.165, 1.54) is 0 Å². The summed E-state index contributed by atoms with van der Waals surface area (Å²) >= 11 is 5.91. The number of ether oxygens (including phenoxy) is 3. The minimum absolute atomic E-state index is 0.0492. The number of rotatable bonds is 7. The molecule has 0 saturated carbocycles. The third-order valence-corrected chi connectivity index (χ3v) is 5.38. The fourth-order valence-electron chi connectivity index (χ4n) is 3.49. The lowest BCUT2D eigenvalue weighted by molar-refractivity contribution is -0.136. The number of carbonyl (C=O) groups excluding carboxylic acids is 1. The van der Waals surface area contributed by atoms with Gasteiger partial charge in [-0.3, -0.25) is 14.4 Å². The van der Waals surface area contributed by atoms with Gasteiger partial charge in [0, 0.05) is 50.6 Å². The third kappa shape index (κ3) is 4.76. The predicted octanol–water partition coefficient (Wildman–Crippen LogP) is 2.47. The van der Waals surface area contributed by atoms with E-state index in [0.717, 1.165) is 24.4 Å². The van der Waals surface area contributed by atoms with E-state index < -0.39 is 0 Å². The number of carbonyl (C=O) groups is 1. The van der Waals surface area contributed by atoms with Crippen molar-refractivity contribution in [2.75, 3.05) is 47.5 Å². The van der Waals surface area contributed by atoms with E-state index in [4.69, 9.17) is 25.8 Å². The number of piperazine rings is 1. The number of amides is 1. The highest BCUT2D eigenvalue weighted by Gasteiger charge is 2.27. The number of benzene rings is 1. The normalized spacial score (nSPS) is 15.8. The molecular weight excluding hydrogens is 396 g/mol. The van der Waals surface area contributed by atoms with Crippen molar-refractivity contribution in [2.45, 2.75) is 19.5 Å². The van der Waals surface area contributed by atoms with E-state index in [9.17, 15) is 4.79 Å². The molecule has 0 N–H and O–H groups in total. The molecule has 1 fully saturated rings. The first-order valence-corrected chi connectivity index (χ1v) is 9.84. The van der Waals surface area contributed by atoms with Crippen molar-refractivity contribution in [3.63, 3.8) is 0 Å². The number of methoxy groups -OCH3 is 3. The molecule has 0 unspecified atom stereocenters. The fourth-order valence-corrected chi connectivity index (χ4v) is 3.63. The number of hydrogen-bond acceptors (Lipinski definition) is 6. The first kappa shape index (κ1) is 21.3. The van der Waals surface area contributed by atoms with E-state index in [1.54, 1.807) is 38.4 Å². The molecule has 29 heavy (non-hydrogen) atoms. The van der Waals surface area contributed by atoms with Gasteiger partial charge in [-0.15, -0.1) is 0 Å². The maximum absolute atomic E-state index is 12.8. The molecule has 8 nitrogen and oxygen atoms in total. The molecule has 1 amide bonds. The van der Waals surface area contributed by atoms with Gasteiger partial charge in [0.15, 0.2) is 11.5 Å². The van der Waals surface area contributed by atoms with Crippen molar-refractivity contribution in [1.29, 1.82) is 0 Å². The lowest BCUT2D eigenvalue weighted by Gasteiger charge is -2.36. The van der Waals surface area contributed by atoms with Gasteiger partial charge in [-0.05, 0) is 13.0 Å². The number of aromatic nitrogens is 2. The highest BCUT2D eigenvalue weighted by molar-refractivity contribution is 6.30. The van der Waals surface area contributed by atoms with Crippen molar-refractivity contribution >= 4 is 17.5 Å². The van der Waals surface area contributed by atoms with Crippen LogP contribution in [0.25, 0.3) is 0 Å².